The molecule has 3 amide bonds. The van der Waals surface area contributed by atoms with Crippen LogP contribution in [0.25, 0.3) is 0 Å². The van der Waals surface area contributed by atoms with Gasteiger partial charge in [0, 0.05) is 13.1 Å². The van der Waals surface area contributed by atoms with Crippen LogP contribution < -0.4 is 5.32 Å². The molecular formula is C10H17N2O2. The highest BCUT2D eigenvalue weighted by Crippen LogP contribution is 1.96. The Morgan fingerprint density at radius 3 is 2.79 bits per heavy atom. The molecule has 1 N–H and O–H groups in total. The Balaban J connectivity index is 3.80. The van der Waals surface area contributed by atoms with Crippen molar-refractivity contribution < 1.29 is 9.59 Å². The lowest BCUT2D eigenvalue weighted by molar-refractivity contribution is 0.219. The van der Waals surface area contributed by atoms with Crippen molar-refractivity contribution in [2.75, 3.05) is 13.1 Å². The molecule has 0 aromatic rings. The van der Waals surface area contributed by atoms with Crippen LogP contribution in [-0.4, -0.2) is 30.4 Å². The summed E-state index contributed by atoms with van der Waals surface area (Å²) in [6.07, 6.45) is 6.06. The first-order valence-electron chi connectivity index (χ1n) is 4.80. The average molecular weight is 197 g/mol. The zero-order valence-electron chi connectivity index (χ0n) is 8.58. The molecule has 0 unspecified atom stereocenters. The number of hydrogen-bond donors (Lipinski definition) is 1. The second-order valence-electron chi connectivity index (χ2n) is 2.92. The first-order chi connectivity index (χ1) is 6.76. The van der Waals surface area contributed by atoms with Gasteiger partial charge in [0.05, 0.1) is 0 Å². The van der Waals surface area contributed by atoms with Crippen molar-refractivity contribution in [2.45, 2.75) is 26.2 Å². The summed E-state index contributed by atoms with van der Waals surface area (Å²) in [5, 5.41) is 2.52. The van der Waals surface area contributed by atoms with Gasteiger partial charge < -0.3 is 5.32 Å². The average Bonchev–Trinajstić information content (AvgIpc) is 2.21. The number of carbonyl (C=O) groups is 1. The van der Waals surface area contributed by atoms with E-state index in [1.807, 2.05) is 0 Å². The molecule has 0 atom stereocenters. The molecule has 0 spiro atoms. The standard InChI is InChI=1S/C10H17N2O2/c1-3-5-6-8-12(9-13)10(14)11-7-4-2/h4H,2-3,5-8H2,1H3,(H,11,14). The van der Waals surface area contributed by atoms with Gasteiger partial charge in [-0.25, -0.2) is 4.79 Å². The van der Waals surface area contributed by atoms with Gasteiger partial charge in [-0.1, -0.05) is 25.8 Å². The van der Waals surface area contributed by atoms with E-state index in [9.17, 15) is 9.59 Å². The van der Waals surface area contributed by atoms with Gasteiger partial charge in [-0.15, -0.1) is 6.58 Å². The van der Waals surface area contributed by atoms with Crippen molar-refractivity contribution in [2.24, 2.45) is 0 Å². The first kappa shape index (κ1) is 12.7. The molecule has 0 aromatic carbocycles. The maximum Gasteiger partial charge on any atom is 0.324 e. The molecule has 1 radical (unpaired) electrons. The molecule has 0 aliphatic heterocycles. The molecule has 14 heavy (non-hydrogen) atoms. The summed E-state index contributed by atoms with van der Waals surface area (Å²) < 4.78 is 0. The van der Waals surface area contributed by atoms with Crippen LogP contribution in [0.15, 0.2) is 12.7 Å². The maximum absolute atomic E-state index is 11.2. The van der Waals surface area contributed by atoms with Crippen LogP contribution in [0.2, 0.25) is 0 Å². The van der Waals surface area contributed by atoms with Gasteiger partial charge in [-0.3, -0.25) is 9.69 Å². The van der Waals surface area contributed by atoms with E-state index in [0.717, 1.165) is 24.2 Å². The predicted octanol–water partition coefficient (Wildman–Crippen LogP) is 1.44. The van der Waals surface area contributed by atoms with Crippen molar-refractivity contribution in [1.82, 2.24) is 10.2 Å². The van der Waals surface area contributed by atoms with E-state index in [1.54, 1.807) is 12.5 Å². The van der Waals surface area contributed by atoms with Crippen molar-refractivity contribution in [3.63, 3.8) is 0 Å². The number of carbonyl (C=O) groups excluding carboxylic acids is 2. The van der Waals surface area contributed by atoms with E-state index in [2.05, 4.69) is 18.8 Å². The lowest BCUT2D eigenvalue weighted by atomic mass is 10.2. The molecule has 79 valence electrons. The van der Waals surface area contributed by atoms with E-state index in [4.69, 9.17) is 0 Å². The van der Waals surface area contributed by atoms with Crippen LogP contribution in [-0.2, 0) is 4.79 Å². The third kappa shape index (κ3) is 5.35. The predicted molar refractivity (Wildman–Crippen MR) is 55.5 cm³/mol. The molecule has 0 aliphatic rings. The Morgan fingerprint density at radius 1 is 1.57 bits per heavy atom. The molecule has 0 bridgehead atoms. The number of nitrogens with zero attached hydrogens (tertiary/aromatic N) is 1. The van der Waals surface area contributed by atoms with E-state index in [1.165, 1.54) is 0 Å². The second-order valence-corrected chi connectivity index (χ2v) is 2.92. The fourth-order valence-corrected chi connectivity index (χ4v) is 0.963. The van der Waals surface area contributed by atoms with Crippen LogP contribution in [0.1, 0.15) is 26.2 Å². The number of hydrogen-bond acceptors (Lipinski definition) is 2. The third-order valence-corrected chi connectivity index (χ3v) is 1.74. The third-order valence-electron chi connectivity index (χ3n) is 1.74. The number of rotatable bonds is 7. The van der Waals surface area contributed by atoms with Crippen LogP contribution in [0.5, 0.6) is 0 Å². The summed E-state index contributed by atoms with van der Waals surface area (Å²) >= 11 is 0. The number of unbranched alkanes of at least 4 members (excludes halogenated alkanes) is 2. The Bertz CT molecular complexity index is 193. The van der Waals surface area contributed by atoms with Gasteiger partial charge in [-0.2, -0.15) is 0 Å². The Labute approximate surface area is 85.0 Å². The monoisotopic (exact) mass is 197 g/mol. The van der Waals surface area contributed by atoms with Crippen molar-refractivity contribution in [3.8, 4) is 0 Å². The minimum Gasteiger partial charge on any atom is -0.334 e. The van der Waals surface area contributed by atoms with Gasteiger partial charge >= 0.3 is 12.4 Å². The Hall–Kier alpha value is -1.32. The van der Waals surface area contributed by atoms with Crippen LogP contribution >= 0.6 is 0 Å². The molecule has 4 nitrogen and oxygen atoms in total. The second kappa shape index (κ2) is 8.29. The summed E-state index contributed by atoms with van der Waals surface area (Å²) in [6.45, 7) is 6.32. The van der Waals surface area contributed by atoms with Gasteiger partial charge in [0.25, 0.3) is 0 Å². The Morgan fingerprint density at radius 2 is 2.29 bits per heavy atom. The maximum atomic E-state index is 11.2. The van der Waals surface area contributed by atoms with Crippen LogP contribution in [0, 0.1) is 0 Å². The van der Waals surface area contributed by atoms with Crippen LogP contribution in [0.3, 0.4) is 0 Å². The Kier molecular flexibility index (Phi) is 7.50. The molecule has 0 saturated heterocycles. The van der Waals surface area contributed by atoms with Crippen molar-refractivity contribution in [3.05, 3.63) is 12.7 Å². The van der Waals surface area contributed by atoms with Gasteiger partial charge in [0.15, 0.2) is 0 Å². The number of imide groups is 1. The molecule has 0 heterocycles. The van der Waals surface area contributed by atoms with Gasteiger partial charge in [0.2, 0.25) is 0 Å². The van der Waals surface area contributed by atoms with E-state index < -0.39 is 6.03 Å². The molecule has 0 saturated carbocycles. The summed E-state index contributed by atoms with van der Waals surface area (Å²) in [5.41, 5.74) is 0. The van der Waals surface area contributed by atoms with Crippen LogP contribution in [0.4, 0.5) is 4.79 Å². The fourth-order valence-electron chi connectivity index (χ4n) is 0.963. The summed E-state index contributed by atoms with van der Waals surface area (Å²) in [7, 11) is 0. The van der Waals surface area contributed by atoms with Gasteiger partial charge in [0.1, 0.15) is 0 Å². The lowest BCUT2D eigenvalue weighted by Crippen LogP contribution is -2.39. The summed E-state index contributed by atoms with van der Waals surface area (Å²) in [4.78, 5) is 22.7. The largest absolute Gasteiger partial charge is 0.334 e. The van der Waals surface area contributed by atoms with Crippen molar-refractivity contribution >= 4 is 12.4 Å². The highest BCUT2D eigenvalue weighted by Gasteiger charge is 2.10. The van der Waals surface area contributed by atoms with E-state index in [-0.39, 0.29) is 0 Å². The number of urea groups is 1. The highest BCUT2D eigenvalue weighted by molar-refractivity contribution is 5.84. The summed E-state index contributed by atoms with van der Waals surface area (Å²) in [5.74, 6) is 0. The van der Waals surface area contributed by atoms with E-state index in [0.29, 0.717) is 13.1 Å². The number of nitrogens with one attached hydrogen (secondary N) is 1. The smallest absolute Gasteiger partial charge is 0.324 e. The molecule has 4 heteroatoms. The SMILES string of the molecule is C=CCNC(=O)N([C]=O)CCCCC. The van der Waals surface area contributed by atoms with Crippen molar-refractivity contribution in [1.29, 1.82) is 0 Å². The highest BCUT2D eigenvalue weighted by atomic mass is 16.2. The minimum absolute atomic E-state index is 0.366. The minimum atomic E-state index is -0.406. The topological polar surface area (TPSA) is 49.4 Å². The zero-order chi connectivity index (χ0) is 10.8. The number of amides is 3. The molecule has 0 fully saturated rings. The molecular weight excluding hydrogens is 180 g/mol. The molecule has 0 rings (SSSR count). The summed E-state index contributed by atoms with van der Waals surface area (Å²) in [6, 6.07) is -0.406. The molecule has 0 aliphatic carbocycles. The first-order valence-corrected chi connectivity index (χ1v) is 4.80. The zero-order valence-corrected chi connectivity index (χ0v) is 8.58. The fraction of sp³-hybridized carbons (Fsp3) is 0.600. The van der Waals surface area contributed by atoms with E-state index >= 15 is 0 Å². The van der Waals surface area contributed by atoms with Gasteiger partial charge in [-0.05, 0) is 6.42 Å². The normalized spacial score (nSPS) is 9.21. The quantitative estimate of drug-likeness (QED) is 0.381. The molecule has 0 aromatic heterocycles. The lowest BCUT2D eigenvalue weighted by Gasteiger charge is -2.14.